The molecular formula is C19H30N4O2. The van der Waals surface area contributed by atoms with Gasteiger partial charge < -0.3 is 24.6 Å². The van der Waals surface area contributed by atoms with Crippen LogP contribution < -0.4 is 15.0 Å². The summed E-state index contributed by atoms with van der Waals surface area (Å²) in [7, 11) is 1.71. The molecule has 0 bridgehead atoms. The van der Waals surface area contributed by atoms with Gasteiger partial charge in [0.1, 0.15) is 5.75 Å². The van der Waals surface area contributed by atoms with E-state index in [0.29, 0.717) is 6.10 Å². The van der Waals surface area contributed by atoms with E-state index in [1.165, 1.54) is 5.69 Å². The van der Waals surface area contributed by atoms with E-state index in [-0.39, 0.29) is 0 Å². The standard InChI is InChI=1S/C19H30N4O2/c1-3-20-19(21-15-18-8-5-13-25-18)23-11-9-22(10-12-23)16-6-4-7-17(14-16)24-2/h4,6-7,14,18H,3,5,8-13,15H2,1-2H3,(H,20,21). The van der Waals surface area contributed by atoms with Crippen LogP contribution in [0.3, 0.4) is 0 Å². The molecule has 0 aromatic heterocycles. The fourth-order valence-electron chi connectivity index (χ4n) is 3.39. The van der Waals surface area contributed by atoms with E-state index in [2.05, 4.69) is 34.2 Å². The number of rotatable bonds is 5. The highest BCUT2D eigenvalue weighted by atomic mass is 16.5. The highest BCUT2D eigenvalue weighted by Crippen LogP contribution is 2.22. The van der Waals surface area contributed by atoms with Crippen molar-refractivity contribution < 1.29 is 9.47 Å². The molecule has 2 saturated heterocycles. The summed E-state index contributed by atoms with van der Waals surface area (Å²) in [5.74, 6) is 1.93. The number of hydrogen-bond donors (Lipinski definition) is 1. The third-order valence-corrected chi connectivity index (χ3v) is 4.80. The van der Waals surface area contributed by atoms with E-state index >= 15 is 0 Å². The number of benzene rings is 1. The van der Waals surface area contributed by atoms with Gasteiger partial charge in [-0.2, -0.15) is 0 Å². The number of piperazine rings is 1. The third kappa shape index (κ3) is 4.78. The van der Waals surface area contributed by atoms with Crippen molar-refractivity contribution >= 4 is 11.6 Å². The van der Waals surface area contributed by atoms with Gasteiger partial charge in [-0.3, -0.25) is 4.99 Å². The molecule has 2 aliphatic heterocycles. The second-order valence-corrected chi connectivity index (χ2v) is 6.51. The highest BCUT2D eigenvalue weighted by Gasteiger charge is 2.21. The molecule has 2 aliphatic rings. The quantitative estimate of drug-likeness (QED) is 0.652. The van der Waals surface area contributed by atoms with Gasteiger partial charge in [-0.15, -0.1) is 0 Å². The van der Waals surface area contributed by atoms with Crippen molar-refractivity contribution in [1.82, 2.24) is 10.2 Å². The maximum Gasteiger partial charge on any atom is 0.194 e. The first-order valence-corrected chi connectivity index (χ1v) is 9.34. The number of hydrogen-bond acceptors (Lipinski definition) is 4. The zero-order valence-corrected chi connectivity index (χ0v) is 15.4. The SMILES string of the molecule is CCNC(=NCC1CCCO1)N1CCN(c2cccc(OC)c2)CC1. The van der Waals surface area contributed by atoms with Crippen LogP contribution in [-0.4, -0.2) is 69.9 Å². The predicted octanol–water partition coefficient (Wildman–Crippen LogP) is 1.96. The van der Waals surface area contributed by atoms with Crippen molar-refractivity contribution in [3.05, 3.63) is 24.3 Å². The van der Waals surface area contributed by atoms with E-state index in [4.69, 9.17) is 14.5 Å². The first-order chi connectivity index (χ1) is 12.3. The minimum absolute atomic E-state index is 0.298. The fourth-order valence-corrected chi connectivity index (χ4v) is 3.39. The highest BCUT2D eigenvalue weighted by molar-refractivity contribution is 5.80. The van der Waals surface area contributed by atoms with Crippen molar-refractivity contribution in [3.8, 4) is 5.75 Å². The molecule has 1 aromatic rings. The van der Waals surface area contributed by atoms with E-state index in [9.17, 15) is 0 Å². The van der Waals surface area contributed by atoms with E-state index in [0.717, 1.165) is 70.4 Å². The maximum absolute atomic E-state index is 5.69. The molecule has 1 N–H and O–H groups in total. The summed E-state index contributed by atoms with van der Waals surface area (Å²) in [6, 6.07) is 8.29. The molecule has 2 heterocycles. The number of aliphatic imine (C=N–C) groups is 1. The molecule has 25 heavy (non-hydrogen) atoms. The van der Waals surface area contributed by atoms with Gasteiger partial charge in [0, 0.05) is 51.1 Å². The molecule has 1 atom stereocenters. The van der Waals surface area contributed by atoms with Crippen LogP contribution in [0.25, 0.3) is 0 Å². The Morgan fingerprint density at radius 1 is 1.32 bits per heavy atom. The molecule has 0 radical (unpaired) electrons. The van der Waals surface area contributed by atoms with Gasteiger partial charge in [0.25, 0.3) is 0 Å². The van der Waals surface area contributed by atoms with Crippen LogP contribution in [0.1, 0.15) is 19.8 Å². The lowest BCUT2D eigenvalue weighted by Crippen LogP contribution is -2.52. The van der Waals surface area contributed by atoms with Crippen LogP contribution in [-0.2, 0) is 4.74 Å². The van der Waals surface area contributed by atoms with Crippen molar-refractivity contribution in [2.45, 2.75) is 25.9 Å². The molecule has 6 nitrogen and oxygen atoms in total. The summed E-state index contributed by atoms with van der Waals surface area (Å²) in [4.78, 5) is 9.57. The molecule has 1 aromatic carbocycles. The summed E-state index contributed by atoms with van der Waals surface area (Å²) in [5.41, 5.74) is 1.22. The Morgan fingerprint density at radius 3 is 2.84 bits per heavy atom. The lowest BCUT2D eigenvalue weighted by atomic mass is 10.2. The average molecular weight is 346 g/mol. The zero-order valence-electron chi connectivity index (χ0n) is 15.4. The van der Waals surface area contributed by atoms with Crippen molar-refractivity contribution in [2.24, 2.45) is 4.99 Å². The van der Waals surface area contributed by atoms with Crippen LogP contribution in [0.15, 0.2) is 29.3 Å². The monoisotopic (exact) mass is 346 g/mol. The molecule has 3 rings (SSSR count). The molecule has 0 spiro atoms. The van der Waals surface area contributed by atoms with Crippen LogP contribution in [0, 0.1) is 0 Å². The van der Waals surface area contributed by atoms with Gasteiger partial charge in [0.15, 0.2) is 5.96 Å². The molecule has 6 heteroatoms. The Bertz CT molecular complexity index is 564. The largest absolute Gasteiger partial charge is 0.497 e. The van der Waals surface area contributed by atoms with Gasteiger partial charge in [-0.05, 0) is 31.9 Å². The van der Waals surface area contributed by atoms with Crippen molar-refractivity contribution in [1.29, 1.82) is 0 Å². The third-order valence-electron chi connectivity index (χ3n) is 4.80. The van der Waals surface area contributed by atoms with Gasteiger partial charge in [-0.25, -0.2) is 0 Å². The zero-order chi connectivity index (χ0) is 17.5. The van der Waals surface area contributed by atoms with E-state index in [1.54, 1.807) is 7.11 Å². The Hall–Kier alpha value is -1.95. The van der Waals surface area contributed by atoms with Gasteiger partial charge in [0.2, 0.25) is 0 Å². The maximum atomic E-state index is 5.69. The summed E-state index contributed by atoms with van der Waals surface area (Å²) < 4.78 is 11.0. The Kier molecular flexibility index (Phi) is 6.39. The lowest BCUT2D eigenvalue weighted by molar-refractivity contribution is 0.117. The normalized spacial score (nSPS) is 21.5. The number of anilines is 1. The molecule has 1 unspecified atom stereocenters. The number of methoxy groups -OCH3 is 1. The Balaban J connectivity index is 1.57. The molecular weight excluding hydrogens is 316 g/mol. The topological polar surface area (TPSA) is 49.3 Å². The molecule has 0 amide bonds. The molecule has 0 aliphatic carbocycles. The van der Waals surface area contributed by atoms with Crippen LogP contribution in [0.4, 0.5) is 5.69 Å². The van der Waals surface area contributed by atoms with Crippen LogP contribution >= 0.6 is 0 Å². The minimum Gasteiger partial charge on any atom is -0.497 e. The molecule has 2 fully saturated rings. The van der Waals surface area contributed by atoms with Crippen molar-refractivity contribution in [2.75, 3.05) is 57.9 Å². The Morgan fingerprint density at radius 2 is 2.16 bits per heavy atom. The fraction of sp³-hybridized carbons (Fsp3) is 0.632. The number of nitrogens with one attached hydrogen (secondary N) is 1. The number of ether oxygens (including phenoxy) is 2. The smallest absolute Gasteiger partial charge is 0.194 e. The van der Waals surface area contributed by atoms with E-state index < -0.39 is 0 Å². The average Bonchev–Trinajstić information content (AvgIpc) is 3.19. The predicted molar refractivity (Wildman–Crippen MR) is 102 cm³/mol. The van der Waals surface area contributed by atoms with Gasteiger partial charge in [0.05, 0.1) is 19.8 Å². The number of guanidine groups is 1. The van der Waals surface area contributed by atoms with Gasteiger partial charge in [-0.1, -0.05) is 6.07 Å². The van der Waals surface area contributed by atoms with Crippen LogP contribution in [0.2, 0.25) is 0 Å². The molecule has 0 saturated carbocycles. The van der Waals surface area contributed by atoms with Crippen LogP contribution in [0.5, 0.6) is 5.75 Å². The van der Waals surface area contributed by atoms with Gasteiger partial charge >= 0.3 is 0 Å². The molecule has 138 valence electrons. The minimum atomic E-state index is 0.298. The summed E-state index contributed by atoms with van der Waals surface area (Å²) in [6.07, 6.45) is 2.59. The first-order valence-electron chi connectivity index (χ1n) is 9.34. The van der Waals surface area contributed by atoms with E-state index in [1.807, 2.05) is 12.1 Å². The summed E-state index contributed by atoms with van der Waals surface area (Å²) in [5, 5.41) is 3.43. The second-order valence-electron chi connectivity index (χ2n) is 6.51. The summed E-state index contributed by atoms with van der Waals surface area (Å²) in [6.45, 7) is 8.56. The Labute approximate surface area is 150 Å². The number of nitrogens with zero attached hydrogens (tertiary/aromatic N) is 3. The second kappa shape index (κ2) is 8.94. The first kappa shape index (κ1) is 17.9. The summed E-state index contributed by atoms with van der Waals surface area (Å²) >= 11 is 0. The van der Waals surface area contributed by atoms with Crippen molar-refractivity contribution in [3.63, 3.8) is 0 Å². The lowest BCUT2D eigenvalue weighted by Gasteiger charge is -2.37.